The fourth-order valence-electron chi connectivity index (χ4n) is 2.58. The summed E-state index contributed by atoms with van der Waals surface area (Å²) in [6, 6.07) is 6.83. The SMILES string of the molecule is CCOC(=O)c1ccc([C@H](O)CO[Si](C)(C)C(C)(C)C)c2nc(OC)ccc12. The molecular formula is C21H31NO5Si. The van der Waals surface area contributed by atoms with E-state index in [-0.39, 0.29) is 18.3 Å². The first-order valence-corrected chi connectivity index (χ1v) is 12.4. The highest BCUT2D eigenvalue weighted by atomic mass is 28.4. The van der Waals surface area contributed by atoms with Gasteiger partial charge in [-0.3, -0.25) is 0 Å². The zero-order valence-electron chi connectivity index (χ0n) is 17.8. The normalized spacial score (nSPS) is 13.4. The van der Waals surface area contributed by atoms with Crippen molar-refractivity contribution < 1.29 is 23.8 Å². The van der Waals surface area contributed by atoms with Crippen LogP contribution in [0.25, 0.3) is 10.9 Å². The molecule has 0 radical (unpaired) electrons. The molecule has 0 saturated carbocycles. The van der Waals surface area contributed by atoms with Crippen molar-refractivity contribution in [1.82, 2.24) is 4.98 Å². The number of pyridine rings is 1. The summed E-state index contributed by atoms with van der Waals surface area (Å²) in [5.41, 5.74) is 1.52. The first-order chi connectivity index (χ1) is 13.0. The molecule has 0 fully saturated rings. The number of methoxy groups -OCH3 is 1. The number of aromatic nitrogens is 1. The summed E-state index contributed by atoms with van der Waals surface area (Å²) in [7, 11) is -0.477. The van der Waals surface area contributed by atoms with Crippen molar-refractivity contribution in [1.29, 1.82) is 0 Å². The minimum atomic E-state index is -2.00. The fraction of sp³-hybridized carbons (Fsp3) is 0.524. The molecule has 0 aliphatic heterocycles. The molecule has 0 aliphatic rings. The summed E-state index contributed by atoms with van der Waals surface area (Å²) in [6.45, 7) is 13.0. The van der Waals surface area contributed by atoms with E-state index in [0.717, 1.165) is 0 Å². The Balaban J connectivity index is 2.43. The van der Waals surface area contributed by atoms with Gasteiger partial charge >= 0.3 is 5.97 Å². The standard InChI is InChI=1S/C21H31NO5Si/c1-8-26-20(24)15-9-10-16(19-14(15)11-12-18(22-19)25-5)17(23)13-27-28(6,7)21(2,3)4/h9-12,17,23H,8,13H2,1-7H3/t17-/m1/s1. The van der Waals surface area contributed by atoms with Crippen molar-refractivity contribution >= 4 is 25.2 Å². The Hall–Kier alpha value is -1.96. The average Bonchev–Trinajstić information content (AvgIpc) is 2.64. The van der Waals surface area contributed by atoms with Crippen molar-refractivity contribution in [3.05, 3.63) is 35.4 Å². The topological polar surface area (TPSA) is 77.9 Å². The van der Waals surface area contributed by atoms with Gasteiger partial charge in [0.05, 0.1) is 31.4 Å². The molecule has 6 nitrogen and oxygen atoms in total. The Kier molecular flexibility index (Phi) is 6.85. The molecule has 1 aromatic carbocycles. The van der Waals surface area contributed by atoms with Crippen LogP contribution in [0.4, 0.5) is 0 Å². The summed E-state index contributed by atoms with van der Waals surface area (Å²) < 4.78 is 16.5. The number of rotatable bonds is 7. The van der Waals surface area contributed by atoms with E-state index >= 15 is 0 Å². The first-order valence-electron chi connectivity index (χ1n) is 9.48. The maximum absolute atomic E-state index is 12.3. The van der Waals surface area contributed by atoms with Crippen molar-refractivity contribution in [2.45, 2.75) is 51.9 Å². The van der Waals surface area contributed by atoms with E-state index in [4.69, 9.17) is 13.9 Å². The molecule has 7 heteroatoms. The van der Waals surface area contributed by atoms with Gasteiger partial charge in [0.1, 0.15) is 6.10 Å². The molecule has 154 valence electrons. The summed E-state index contributed by atoms with van der Waals surface area (Å²) in [4.78, 5) is 16.8. The molecule has 0 bridgehead atoms. The Morgan fingerprint density at radius 1 is 1.21 bits per heavy atom. The summed E-state index contributed by atoms with van der Waals surface area (Å²) in [5, 5.41) is 11.5. The van der Waals surface area contributed by atoms with Gasteiger partial charge in [0.25, 0.3) is 0 Å². The van der Waals surface area contributed by atoms with E-state index in [0.29, 0.717) is 27.9 Å². The maximum atomic E-state index is 12.3. The molecule has 0 unspecified atom stereocenters. The van der Waals surface area contributed by atoms with Crippen LogP contribution in [-0.4, -0.2) is 44.7 Å². The Morgan fingerprint density at radius 3 is 2.46 bits per heavy atom. The number of aliphatic hydroxyl groups excluding tert-OH is 1. The van der Waals surface area contributed by atoms with Gasteiger partial charge in [-0.1, -0.05) is 26.8 Å². The van der Waals surface area contributed by atoms with E-state index in [1.807, 2.05) is 0 Å². The second-order valence-electron chi connectivity index (χ2n) is 8.26. The second-order valence-corrected chi connectivity index (χ2v) is 13.1. The highest BCUT2D eigenvalue weighted by molar-refractivity contribution is 6.74. The molecule has 0 saturated heterocycles. The van der Waals surface area contributed by atoms with Crippen molar-refractivity contribution in [3.63, 3.8) is 0 Å². The third kappa shape index (κ3) is 4.71. The van der Waals surface area contributed by atoms with Crippen LogP contribution in [0.1, 0.15) is 49.7 Å². The molecule has 0 spiro atoms. The Morgan fingerprint density at radius 2 is 1.89 bits per heavy atom. The van der Waals surface area contributed by atoms with E-state index < -0.39 is 20.4 Å². The number of benzene rings is 1. The maximum Gasteiger partial charge on any atom is 0.338 e. The van der Waals surface area contributed by atoms with Crippen LogP contribution in [-0.2, 0) is 9.16 Å². The Bertz CT molecular complexity index is 845. The monoisotopic (exact) mass is 405 g/mol. The molecule has 1 heterocycles. The van der Waals surface area contributed by atoms with Crippen molar-refractivity contribution in [2.75, 3.05) is 20.3 Å². The third-order valence-corrected chi connectivity index (χ3v) is 9.84. The first kappa shape index (κ1) is 22.3. The highest BCUT2D eigenvalue weighted by Gasteiger charge is 2.37. The number of hydrogen-bond acceptors (Lipinski definition) is 6. The zero-order valence-corrected chi connectivity index (χ0v) is 18.8. The molecule has 1 atom stereocenters. The van der Waals surface area contributed by atoms with E-state index in [1.54, 1.807) is 31.2 Å². The number of fused-ring (bicyclic) bond motifs is 1. The van der Waals surface area contributed by atoms with Crippen molar-refractivity contribution in [3.8, 4) is 5.88 Å². The van der Waals surface area contributed by atoms with E-state index in [2.05, 4.69) is 38.8 Å². The second kappa shape index (κ2) is 8.59. The molecular weight excluding hydrogens is 374 g/mol. The van der Waals surface area contributed by atoms with Crippen LogP contribution in [0.2, 0.25) is 18.1 Å². The summed E-state index contributed by atoms with van der Waals surface area (Å²) in [6.07, 6.45) is -0.868. The van der Waals surface area contributed by atoms with Crippen LogP contribution >= 0.6 is 0 Å². The molecule has 1 N–H and O–H groups in total. The number of nitrogens with zero attached hydrogens (tertiary/aromatic N) is 1. The number of aliphatic hydroxyl groups is 1. The minimum Gasteiger partial charge on any atom is -0.481 e. The lowest BCUT2D eigenvalue weighted by Crippen LogP contribution is -2.41. The Labute approximate surface area is 168 Å². The largest absolute Gasteiger partial charge is 0.481 e. The van der Waals surface area contributed by atoms with Crippen LogP contribution in [0.15, 0.2) is 24.3 Å². The zero-order chi connectivity index (χ0) is 21.1. The van der Waals surface area contributed by atoms with Gasteiger partial charge in [0.15, 0.2) is 8.32 Å². The average molecular weight is 406 g/mol. The molecule has 2 aromatic rings. The van der Waals surface area contributed by atoms with Crippen LogP contribution in [0.3, 0.4) is 0 Å². The molecule has 2 rings (SSSR count). The summed E-state index contributed by atoms with van der Waals surface area (Å²) in [5.74, 6) is -0.00898. The van der Waals surface area contributed by atoms with Gasteiger partial charge in [-0.25, -0.2) is 9.78 Å². The van der Waals surface area contributed by atoms with Gasteiger partial charge in [-0.05, 0) is 37.2 Å². The fourth-order valence-corrected chi connectivity index (χ4v) is 3.59. The van der Waals surface area contributed by atoms with Crippen molar-refractivity contribution in [2.24, 2.45) is 0 Å². The van der Waals surface area contributed by atoms with E-state index in [9.17, 15) is 9.90 Å². The lowest BCUT2D eigenvalue weighted by molar-refractivity contribution is 0.0528. The highest BCUT2D eigenvalue weighted by Crippen LogP contribution is 2.37. The lowest BCUT2D eigenvalue weighted by Gasteiger charge is -2.36. The van der Waals surface area contributed by atoms with Gasteiger partial charge in [0, 0.05) is 17.0 Å². The van der Waals surface area contributed by atoms with E-state index in [1.165, 1.54) is 7.11 Å². The predicted molar refractivity (Wildman–Crippen MR) is 112 cm³/mol. The summed E-state index contributed by atoms with van der Waals surface area (Å²) >= 11 is 0. The number of carbonyl (C=O) groups excluding carboxylic acids is 1. The van der Waals surface area contributed by atoms with Crippen LogP contribution < -0.4 is 4.74 Å². The van der Waals surface area contributed by atoms with Gasteiger partial charge in [-0.2, -0.15) is 0 Å². The number of esters is 1. The third-order valence-electron chi connectivity index (χ3n) is 5.33. The molecule has 28 heavy (non-hydrogen) atoms. The van der Waals surface area contributed by atoms with Gasteiger partial charge in [0.2, 0.25) is 5.88 Å². The van der Waals surface area contributed by atoms with Crippen LogP contribution in [0, 0.1) is 0 Å². The van der Waals surface area contributed by atoms with Gasteiger partial charge < -0.3 is 19.0 Å². The number of ether oxygens (including phenoxy) is 2. The molecule has 1 aromatic heterocycles. The minimum absolute atomic E-state index is 0.0457. The molecule has 0 amide bonds. The molecule has 0 aliphatic carbocycles. The van der Waals surface area contributed by atoms with Gasteiger partial charge in [-0.15, -0.1) is 0 Å². The quantitative estimate of drug-likeness (QED) is 0.541. The van der Waals surface area contributed by atoms with Crippen LogP contribution in [0.5, 0.6) is 5.88 Å². The lowest BCUT2D eigenvalue weighted by atomic mass is 10.0. The number of carbonyl (C=O) groups is 1. The number of hydrogen-bond donors (Lipinski definition) is 1. The predicted octanol–water partition coefficient (Wildman–Crippen LogP) is 4.48. The smallest absolute Gasteiger partial charge is 0.338 e.